The normalized spacial score (nSPS) is 13.8. The maximum Gasteiger partial charge on any atom is 0.325 e. The third-order valence-corrected chi connectivity index (χ3v) is 4.23. The minimum atomic E-state index is -0.614. The fourth-order valence-electron chi connectivity index (χ4n) is 1.93. The fraction of sp³-hybridized carbons (Fsp3) is 0.571. The molecule has 1 aromatic rings. The van der Waals surface area contributed by atoms with Crippen LogP contribution >= 0.6 is 23.4 Å². The number of ether oxygens (including phenoxy) is 1. The fourth-order valence-corrected chi connectivity index (χ4v) is 2.83. The molecule has 112 valence electrons. The van der Waals surface area contributed by atoms with E-state index in [0.29, 0.717) is 5.02 Å². The van der Waals surface area contributed by atoms with Crippen LogP contribution in [-0.4, -0.2) is 35.9 Å². The number of aromatic nitrogens is 1. The summed E-state index contributed by atoms with van der Waals surface area (Å²) in [6.45, 7) is 4.60. The van der Waals surface area contributed by atoms with E-state index in [4.69, 9.17) is 16.3 Å². The van der Waals surface area contributed by atoms with Gasteiger partial charge in [0.25, 0.3) is 0 Å². The summed E-state index contributed by atoms with van der Waals surface area (Å²) in [5.74, 6) is 0.682. The Bertz CT molecular complexity index is 428. The van der Waals surface area contributed by atoms with Gasteiger partial charge in [-0.2, -0.15) is 0 Å². The van der Waals surface area contributed by atoms with Crippen molar-refractivity contribution < 1.29 is 9.53 Å². The van der Waals surface area contributed by atoms with E-state index in [-0.39, 0.29) is 5.97 Å². The SMILES string of the molecule is CCNC(C)(CCCSc1ccc(Cl)cn1)C(=O)OC. The summed E-state index contributed by atoms with van der Waals surface area (Å²) in [4.78, 5) is 16.0. The minimum absolute atomic E-state index is 0.214. The van der Waals surface area contributed by atoms with Crippen molar-refractivity contribution in [3.8, 4) is 0 Å². The number of esters is 1. The zero-order chi connectivity index (χ0) is 15.0. The highest BCUT2D eigenvalue weighted by atomic mass is 35.5. The van der Waals surface area contributed by atoms with E-state index in [9.17, 15) is 4.79 Å². The summed E-state index contributed by atoms with van der Waals surface area (Å²) >= 11 is 7.44. The zero-order valence-corrected chi connectivity index (χ0v) is 13.7. The average Bonchev–Trinajstić information content (AvgIpc) is 2.45. The van der Waals surface area contributed by atoms with Gasteiger partial charge in [-0.25, -0.2) is 4.98 Å². The van der Waals surface area contributed by atoms with Gasteiger partial charge in [-0.3, -0.25) is 4.79 Å². The smallest absolute Gasteiger partial charge is 0.325 e. The Hall–Kier alpha value is -0.780. The molecule has 0 aliphatic heterocycles. The summed E-state index contributed by atoms with van der Waals surface area (Å²) in [5, 5.41) is 4.78. The molecule has 0 fully saturated rings. The van der Waals surface area contributed by atoms with Crippen LogP contribution in [0.3, 0.4) is 0 Å². The number of thioether (sulfide) groups is 1. The van der Waals surface area contributed by atoms with Gasteiger partial charge in [0.1, 0.15) is 5.54 Å². The molecule has 1 aromatic heterocycles. The number of methoxy groups -OCH3 is 1. The second-order valence-corrected chi connectivity index (χ2v) is 6.17. The lowest BCUT2D eigenvalue weighted by atomic mass is 9.96. The molecule has 0 radical (unpaired) electrons. The van der Waals surface area contributed by atoms with Gasteiger partial charge < -0.3 is 10.1 Å². The second kappa shape index (κ2) is 8.49. The lowest BCUT2D eigenvalue weighted by molar-refractivity contribution is -0.148. The van der Waals surface area contributed by atoms with E-state index in [1.54, 1.807) is 18.0 Å². The van der Waals surface area contributed by atoms with Gasteiger partial charge in [-0.05, 0) is 44.2 Å². The monoisotopic (exact) mass is 316 g/mol. The molecule has 0 bridgehead atoms. The van der Waals surface area contributed by atoms with E-state index in [1.807, 2.05) is 26.0 Å². The summed E-state index contributed by atoms with van der Waals surface area (Å²) in [6, 6.07) is 3.73. The number of hydrogen-bond donors (Lipinski definition) is 1. The van der Waals surface area contributed by atoms with Crippen molar-refractivity contribution in [3.63, 3.8) is 0 Å². The van der Waals surface area contributed by atoms with Gasteiger partial charge in [-0.1, -0.05) is 18.5 Å². The predicted octanol–water partition coefficient (Wildman–Crippen LogP) is 3.15. The van der Waals surface area contributed by atoms with Crippen molar-refractivity contribution in [1.82, 2.24) is 10.3 Å². The van der Waals surface area contributed by atoms with Crippen molar-refractivity contribution in [2.24, 2.45) is 0 Å². The van der Waals surface area contributed by atoms with Crippen molar-refractivity contribution in [2.45, 2.75) is 37.3 Å². The highest BCUT2D eigenvalue weighted by molar-refractivity contribution is 7.99. The highest BCUT2D eigenvalue weighted by Crippen LogP contribution is 2.21. The minimum Gasteiger partial charge on any atom is -0.468 e. The number of nitrogens with zero attached hydrogens (tertiary/aromatic N) is 1. The Balaban J connectivity index is 2.41. The molecule has 0 aromatic carbocycles. The van der Waals surface area contributed by atoms with E-state index >= 15 is 0 Å². The first-order valence-corrected chi connectivity index (χ1v) is 7.96. The van der Waals surface area contributed by atoms with Gasteiger partial charge in [0, 0.05) is 6.20 Å². The van der Waals surface area contributed by atoms with E-state index in [2.05, 4.69) is 10.3 Å². The molecule has 1 N–H and O–H groups in total. The molecule has 0 aliphatic rings. The molecule has 1 rings (SSSR count). The van der Waals surface area contributed by atoms with Crippen LogP contribution in [0.25, 0.3) is 0 Å². The van der Waals surface area contributed by atoms with E-state index < -0.39 is 5.54 Å². The Morgan fingerprint density at radius 1 is 1.55 bits per heavy atom. The number of hydrogen-bond acceptors (Lipinski definition) is 5. The van der Waals surface area contributed by atoms with Gasteiger partial charge in [0.15, 0.2) is 0 Å². The lowest BCUT2D eigenvalue weighted by Crippen LogP contribution is -2.50. The van der Waals surface area contributed by atoms with Gasteiger partial charge in [0.05, 0.1) is 17.2 Å². The quantitative estimate of drug-likeness (QED) is 0.453. The van der Waals surface area contributed by atoms with Crippen LogP contribution in [0.2, 0.25) is 5.02 Å². The van der Waals surface area contributed by atoms with E-state index in [1.165, 1.54) is 7.11 Å². The first-order chi connectivity index (χ1) is 9.51. The Morgan fingerprint density at radius 2 is 2.30 bits per heavy atom. The van der Waals surface area contributed by atoms with Crippen LogP contribution in [0.4, 0.5) is 0 Å². The molecule has 6 heteroatoms. The average molecular weight is 317 g/mol. The molecule has 20 heavy (non-hydrogen) atoms. The number of carbonyl (C=O) groups is 1. The largest absolute Gasteiger partial charge is 0.468 e. The molecule has 0 saturated heterocycles. The molecule has 1 unspecified atom stereocenters. The van der Waals surface area contributed by atoms with Crippen molar-refractivity contribution in [2.75, 3.05) is 19.4 Å². The highest BCUT2D eigenvalue weighted by Gasteiger charge is 2.32. The van der Waals surface area contributed by atoms with E-state index in [0.717, 1.165) is 30.2 Å². The third kappa shape index (κ3) is 5.31. The number of carbonyl (C=O) groups excluding carboxylic acids is 1. The summed E-state index contributed by atoms with van der Waals surface area (Å²) in [6.07, 6.45) is 3.27. The van der Waals surface area contributed by atoms with Crippen LogP contribution in [0.15, 0.2) is 23.4 Å². The van der Waals surface area contributed by atoms with Crippen LogP contribution in [0, 0.1) is 0 Å². The number of pyridine rings is 1. The standard InChI is InChI=1S/C14H21ClN2O2S/c1-4-17-14(2,13(18)19-3)8-5-9-20-12-7-6-11(15)10-16-12/h6-7,10,17H,4-5,8-9H2,1-3H3. The van der Waals surface area contributed by atoms with Crippen LogP contribution in [0.1, 0.15) is 26.7 Å². The summed E-state index contributed by atoms with van der Waals surface area (Å²) in [7, 11) is 1.42. The predicted molar refractivity (Wildman–Crippen MR) is 83.3 cm³/mol. The molecule has 1 atom stereocenters. The number of halogens is 1. The molecule has 1 heterocycles. The number of rotatable bonds is 8. The first kappa shape index (κ1) is 17.3. The summed E-state index contributed by atoms with van der Waals surface area (Å²) < 4.78 is 4.86. The van der Waals surface area contributed by atoms with Crippen LogP contribution < -0.4 is 5.32 Å². The third-order valence-electron chi connectivity index (χ3n) is 2.97. The van der Waals surface area contributed by atoms with Crippen molar-refractivity contribution >= 4 is 29.3 Å². The first-order valence-electron chi connectivity index (χ1n) is 6.59. The van der Waals surface area contributed by atoms with Crippen LogP contribution in [0.5, 0.6) is 0 Å². The molecular formula is C14H21ClN2O2S. The topological polar surface area (TPSA) is 51.2 Å². The molecule has 0 saturated carbocycles. The Morgan fingerprint density at radius 3 is 2.85 bits per heavy atom. The van der Waals surface area contributed by atoms with Crippen molar-refractivity contribution in [3.05, 3.63) is 23.4 Å². The molecule has 0 spiro atoms. The van der Waals surface area contributed by atoms with Crippen molar-refractivity contribution in [1.29, 1.82) is 0 Å². The van der Waals surface area contributed by atoms with Gasteiger partial charge in [-0.15, -0.1) is 11.8 Å². The maximum atomic E-state index is 11.8. The Labute approximate surface area is 129 Å². The Kier molecular flexibility index (Phi) is 7.34. The molecule has 4 nitrogen and oxygen atoms in total. The zero-order valence-electron chi connectivity index (χ0n) is 12.1. The summed E-state index contributed by atoms with van der Waals surface area (Å²) in [5.41, 5.74) is -0.614. The van der Waals surface area contributed by atoms with Gasteiger partial charge >= 0.3 is 5.97 Å². The van der Waals surface area contributed by atoms with Gasteiger partial charge in [0.2, 0.25) is 0 Å². The number of nitrogens with one attached hydrogen (secondary N) is 1. The second-order valence-electron chi connectivity index (χ2n) is 4.62. The molecular weight excluding hydrogens is 296 g/mol. The number of likely N-dealkylation sites (N-methyl/N-ethyl adjacent to an activating group) is 1. The van der Waals surface area contributed by atoms with Crippen LogP contribution in [-0.2, 0) is 9.53 Å². The maximum absolute atomic E-state index is 11.8. The lowest BCUT2D eigenvalue weighted by Gasteiger charge is -2.27. The molecule has 0 amide bonds. The molecule has 0 aliphatic carbocycles.